The normalized spacial score (nSPS) is 54.9. The lowest BCUT2D eigenvalue weighted by Gasteiger charge is -2.20. The molecule has 0 amide bonds. The number of hydrogen-bond acceptors (Lipinski definition) is 3. The molecule has 2 heterocycles. The highest BCUT2D eigenvalue weighted by molar-refractivity contribution is 5.79. The molecule has 1 saturated carbocycles. The Kier molecular flexibility index (Phi) is 1.55. The molecule has 2 saturated heterocycles. The van der Waals surface area contributed by atoms with Crippen molar-refractivity contribution >= 4 is 5.97 Å². The third-order valence-corrected chi connectivity index (χ3v) is 4.22. The quantitative estimate of drug-likeness (QED) is 0.636. The van der Waals surface area contributed by atoms with E-state index in [1.807, 2.05) is 0 Å². The fraction of sp³-hybridized carbons (Fsp3) is 0.900. The molecule has 0 radical (unpaired) electrons. The zero-order chi connectivity index (χ0) is 9.92. The molecule has 4 unspecified atom stereocenters. The first kappa shape index (κ1) is 8.68. The van der Waals surface area contributed by atoms with E-state index in [-0.39, 0.29) is 0 Å². The van der Waals surface area contributed by atoms with Gasteiger partial charge in [-0.05, 0) is 37.5 Å². The molecule has 4 heteroatoms. The number of carboxylic acids is 1. The predicted molar refractivity (Wildman–Crippen MR) is 48.7 cm³/mol. The van der Waals surface area contributed by atoms with Crippen LogP contribution < -0.4 is 5.73 Å². The van der Waals surface area contributed by atoms with Gasteiger partial charge in [0.05, 0.1) is 12.2 Å². The van der Waals surface area contributed by atoms with Crippen molar-refractivity contribution in [1.29, 1.82) is 0 Å². The second-order valence-corrected chi connectivity index (χ2v) is 4.99. The minimum atomic E-state index is -0.972. The summed E-state index contributed by atoms with van der Waals surface area (Å²) in [4.78, 5) is 11.0. The lowest BCUT2D eigenvalue weighted by atomic mass is 9.82. The number of carbonyl (C=O) groups is 1. The Hall–Kier alpha value is -0.610. The highest BCUT2D eigenvalue weighted by Crippen LogP contribution is 2.54. The average molecular weight is 197 g/mol. The molecule has 0 aromatic rings. The summed E-state index contributed by atoms with van der Waals surface area (Å²) in [5.74, 6) is -0.0176. The van der Waals surface area contributed by atoms with Gasteiger partial charge in [-0.15, -0.1) is 0 Å². The van der Waals surface area contributed by atoms with Crippen LogP contribution in [0.2, 0.25) is 0 Å². The van der Waals surface area contributed by atoms with Gasteiger partial charge >= 0.3 is 5.97 Å². The molecule has 3 fully saturated rings. The fourth-order valence-corrected chi connectivity index (χ4v) is 3.54. The predicted octanol–water partition coefficient (Wildman–Crippen LogP) is 0.356. The van der Waals surface area contributed by atoms with Crippen LogP contribution in [-0.2, 0) is 9.53 Å². The number of rotatable bonds is 1. The number of ether oxygens (including phenoxy) is 1. The summed E-state index contributed by atoms with van der Waals surface area (Å²) in [6.45, 7) is 0. The van der Waals surface area contributed by atoms with Crippen molar-refractivity contribution in [3.05, 3.63) is 0 Å². The van der Waals surface area contributed by atoms with Gasteiger partial charge in [0.1, 0.15) is 5.54 Å². The van der Waals surface area contributed by atoms with Gasteiger partial charge in [-0.25, -0.2) is 0 Å². The van der Waals surface area contributed by atoms with Crippen LogP contribution in [-0.4, -0.2) is 28.8 Å². The maximum absolute atomic E-state index is 11.0. The van der Waals surface area contributed by atoms with Crippen molar-refractivity contribution in [1.82, 2.24) is 0 Å². The maximum Gasteiger partial charge on any atom is 0.323 e. The molecule has 14 heavy (non-hydrogen) atoms. The van der Waals surface area contributed by atoms with Gasteiger partial charge in [0.15, 0.2) is 0 Å². The second-order valence-electron chi connectivity index (χ2n) is 4.99. The number of nitrogens with two attached hydrogens (primary N) is 1. The van der Waals surface area contributed by atoms with E-state index in [4.69, 9.17) is 15.6 Å². The third-order valence-electron chi connectivity index (χ3n) is 4.22. The first-order chi connectivity index (χ1) is 6.60. The largest absolute Gasteiger partial charge is 0.480 e. The Balaban J connectivity index is 1.86. The maximum atomic E-state index is 11.0. The van der Waals surface area contributed by atoms with Crippen molar-refractivity contribution < 1.29 is 14.6 Å². The molecule has 3 N–H and O–H groups in total. The van der Waals surface area contributed by atoms with Gasteiger partial charge < -0.3 is 15.6 Å². The summed E-state index contributed by atoms with van der Waals surface area (Å²) < 4.78 is 5.76. The molecule has 4 nitrogen and oxygen atoms in total. The monoisotopic (exact) mass is 197 g/mol. The minimum Gasteiger partial charge on any atom is -0.480 e. The molecule has 3 rings (SSSR count). The lowest BCUT2D eigenvalue weighted by molar-refractivity contribution is -0.143. The summed E-state index contributed by atoms with van der Waals surface area (Å²) in [7, 11) is 0. The van der Waals surface area contributed by atoms with Crippen LogP contribution in [0.3, 0.4) is 0 Å². The summed E-state index contributed by atoms with van der Waals surface area (Å²) in [6.07, 6.45) is 4.01. The van der Waals surface area contributed by atoms with Crippen LogP contribution in [0.5, 0.6) is 0 Å². The van der Waals surface area contributed by atoms with Crippen molar-refractivity contribution in [2.45, 2.75) is 43.4 Å². The van der Waals surface area contributed by atoms with Crippen molar-refractivity contribution in [2.75, 3.05) is 0 Å². The van der Waals surface area contributed by atoms with Gasteiger partial charge in [-0.2, -0.15) is 0 Å². The Morgan fingerprint density at radius 2 is 1.79 bits per heavy atom. The number of fused-ring (bicyclic) bond motifs is 5. The topological polar surface area (TPSA) is 72.6 Å². The number of carboxylic acid groups (broad SMARTS) is 1. The fourth-order valence-electron chi connectivity index (χ4n) is 3.54. The molecule has 0 spiro atoms. The van der Waals surface area contributed by atoms with Crippen molar-refractivity contribution in [3.63, 3.8) is 0 Å². The Morgan fingerprint density at radius 3 is 2.21 bits per heavy atom. The van der Waals surface area contributed by atoms with E-state index in [0.717, 1.165) is 12.8 Å². The first-order valence-electron chi connectivity index (χ1n) is 5.28. The van der Waals surface area contributed by atoms with Gasteiger partial charge in [0.2, 0.25) is 0 Å². The number of aliphatic carboxylic acids is 1. The van der Waals surface area contributed by atoms with E-state index in [1.165, 1.54) is 0 Å². The zero-order valence-electron chi connectivity index (χ0n) is 7.98. The molecule has 78 valence electrons. The molecule has 0 aromatic heterocycles. The van der Waals surface area contributed by atoms with Crippen LogP contribution in [0.25, 0.3) is 0 Å². The Bertz CT molecular complexity index is 273. The summed E-state index contributed by atoms with van der Waals surface area (Å²) in [6, 6.07) is 0. The molecule has 3 aliphatic rings. The highest BCUT2D eigenvalue weighted by atomic mass is 16.5. The van der Waals surface area contributed by atoms with E-state index in [0.29, 0.717) is 36.9 Å². The van der Waals surface area contributed by atoms with E-state index >= 15 is 0 Å². The average Bonchev–Trinajstić information content (AvgIpc) is 2.72. The van der Waals surface area contributed by atoms with Gasteiger partial charge in [-0.3, -0.25) is 4.79 Å². The van der Waals surface area contributed by atoms with Crippen LogP contribution in [0, 0.1) is 11.8 Å². The summed E-state index contributed by atoms with van der Waals surface area (Å²) in [5.41, 5.74) is 4.92. The molecule has 2 bridgehead atoms. The third kappa shape index (κ3) is 0.929. The molecule has 0 aromatic carbocycles. The summed E-state index contributed by atoms with van der Waals surface area (Å²) in [5, 5.41) is 9.05. The molecule has 1 aliphatic carbocycles. The van der Waals surface area contributed by atoms with E-state index in [2.05, 4.69) is 0 Å². The Labute approximate surface area is 82.4 Å². The van der Waals surface area contributed by atoms with Crippen molar-refractivity contribution in [3.8, 4) is 0 Å². The molecule has 4 atom stereocenters. The zero-order valence-corrected chi connectivity index (χ0v) is 7.98. The summed E-state index contributed by atoms with van der Waals surface area (Å²) >= 11 is 0. The molecular weight excluding hydrogens is 182 g/mol. The first-order valence-corrected chi connectivity index (χ1v) is 5.28. The minimum absolute atomic E-state index is 0.301. The van der Waals surface area contributed by atoms with Crippen LogP contribution >= 0.6 is 0 Å². The second kappa shape index (κ2) is 2.49. The van der Waals surface area contributed by atoms with E-state index in [1.54, 1.807) is 0 Å². The number of hydrogen-bond donors (Lipinski definition) is 2. The molecular formula is C10H15NO3. The van der Waals surface area contributed by atoms with Crippen LogP contribution in [0.15, 0.2) is 0 Å². The van der Waals surface area contributed by atoms with E-state index in [9.17, 15) is 4.79 Å². The van der Waals surface area contributed by atoms with Gasteiger partial charge in [0.25, 0.3) is 0 Å². The smallest absolute Gasteiger partial charge is 0.323 e. The highest BCUT2D eigenvalue weighted by Gasteiger charge is 2.59. The van der Waals surface area contributed by atoms with Crippen molar-refractivity contribution in [2.24, 2.45) is 17.6 Å². The Morgan fingerprint density at radius 1 is 1.29 bits per heavy atom. The SMILES string of the molecule is NC1(C(=O)O)CC2C3CCC(O3)C2C1. The van der Waals surface area contributed by atoms with Crippen LogP contribution in [0.4, 0.5) is 0 Å². The lowest BCUT2D eigenvalue weighted by Crippen LogP contribution is -2.46. The standard InChI is InChI=1S/C10H15NO3/c11-10(9(12)13)3-5-6(4-10)8-2-1-7(5)14-8/h5-8H,1-4,11H2,(H,12,13). The molecule has 2 aliphatic heterocycles. The van der Waals surface area contributed by atoms with Crippen LogP contribution in [0.1, 0.15) is 25.7 Å². The van der Waals surface area contributed by atoms with Gasteiger partial charge in [0, 0.05) is 0 Å². The van der Waals surface area contributed by atoms with Gasteiger partial charge in [-0.1, -0.05) is 0 Å². The van der Waals surface area contributed by atoms with E-state index < -0.39 is 11.5 Å².